The smallest absolute Gasteiger partial charge is 0.253 e. The molecule has 1 amide bonds. The van der Waals surface area contributed by atoms with Crippen LogP contribution in [0.2, 0.25) is 5.02 Å². The van der Waals surface area contributed by atoms with Crippen molar-refractivity contribution >= 4 is 33.4 Å². The highest BCUT2D eigenvalue weighted by Gasteiger charge is 2.28. The Morgan fingerprint density at radius 1 is 1.44 bits per heavy atom. The molecule has 0 bridgehead atoms. The van der Waals surface area contributed by atoms with Crippen molar-refractivity contribution in [3.8, 4) is 0 Å². The van der Waals surface area contributed by atoms with E-state index in [0.717, 1.165) is 12.8 Å². The van der Waals surface area contributed by atoms with Crippen molar-refractivity contribution in [2.75, 3.05) is 5.33 Å². The summed E-state index contributed by atoms with van der Waals surface area (Å²) in [7, 11) is 0. The molecule has 0 saturated carbocycles. The Hall–Kier alpha value is -0.610. The van der Waals surface area contributed by atoms with Gasteiger partial charge in [0, 0.05) is 10.9 Å². The van der Waals surface area contributed by atoms with Crippen LogP contribution in [0.25, 0.3) is 0 Å². The molecule has 0 aliphatic carbocycles. The van der Waals surface area contributed by atoms with Crippen molar-refractivity contribution in [3.63, 3.8) is 0 Å². The zero-order chi connectivity index (χ0) is 13.8. The number of hydrogen-bond acceptors (Lipinski definition) is 1. The summed E-state index contributed by atoms with van der Waals surface area (Å²) < 4.78 is 13.3. The van der Waals surface area contributed by atoms with E-state index in [2.05, 4.69) is 21.2 Å². The van der Waals surface area contributed by atoms with Gasteiger partial charge in [-0.2, -0.15) is 0 Å². The van der Waals surface area contributed by atoms with Gasteiger partial charge in [-0.3, -0.25) is 4.79 Å². The monoisotopic (exact) mass is 335 g/mol. The number of benzene rings is 1. The summed E-state index contributed by atoms with van der Waals surface area (Å²) in [4.78, 5) is 12.1. The molecule has 0 aromatic heterocycles. The molecule has 0 fully saturated rings. The Morgan fingerprint density at radius 3 is 2.56 bits per heavy atom. The molecule has 0 radical (unpaired) electrons. The van der Waals surface area contributed by atoms with Crippen LogP contribution in [0, 0.1) is 5.82 Å². The number of hydrogen-bond donors (Lipinski definition) is 1. The first kappa shape index (κ1) is 15.4. The van der Waals surface area contributed by atoms with Gasteiger partial charge in [0.05, 0.1) is 10.6 Å². The molecular weight excluding hydrogens is 321 g/mol. The van der Waals surface area contributed by atoms with E-state index in [1.54, 1.807) is 0 Å². The number of halogens is 3. The molecule has 0 aliphatic heterocycles. The zero-order valence-electron chi connectivity index (χ0n) is 10.4. The standard InChI is InChI=1S/C13H16BrClFNO/c1-3-13(4-2,8-14)17-12(18)9-6-5-7-10(16)11(9)15/h5-7H,3-4,8H2,1-2H3,(H,17,18). The SMILES string of the molecule is CCC(CC)(CBr)NC(=O)c1cccc(F)c1Cl. The van der Waals surface area contributed by atoms with Crippen LogP contribution < -0.4 is 5.32 Å². The Bertz CT molecular complexity index is 427. The molecule has 0 unspecified atom stereocenters. The van der Waals surface area contributed by atoms with E-state index < -0.39 is 5.82 Å². The highest BCUT2D eigenvalue weighted by atomic mass is 79.9. The molecule has 18 heavy (non-hydrogen) atoms. The van der Waals surface area contributed by atoms with Crippen LogP contribution in [-0.2, 0) is 0 Å². The molecule has 1 rings (SSSR count). The van der Waals surface area contributed by atoms with E-state index in [0.29, 0.717) is 5.33 Å². The highest BCUT2D eigenvalue weighted by molar-refractivity contribution is 9.09. The lowest BCUT2D eigenvalue weighted by atomic mass is 9.95. The maximum absolute atomic E-state index is 13.3. The number of carbonyl (C=O) groups excluding carboxylic acids is 1. The van der Waals surface area contributed by atoms with E-state index in [9.17, 15) is 9.18 Å². The fourth-order valence-corrected chi connectivity index (χ4v) is 2.78. The molecule has 2 nitrogen and oxygen atoms in total. The lowest BCUT2D eigenvalue weighted by molar-refractivity contribution is 0.0903. The van der Waals surface area contributed by atoms with Gasteiger partial charge in [0.15, 0.2) is 0 Å². The van der Waals surface area contributed by atoms with Gasteiger partial charge >= 0.3 is 0 Å². The molecule has 0 heterocycles. The summed E-state index contributed by atoms with van der Waals surface area (Å²) in [6.07, 6.45) is 1.57. The number of carbonyl (C=O) groups is 1. The topological polar surface area (TPSA) is 29.1 Å². The normalized spacial score (nSPS) is 11.4. The minimum atomic E-state index is -0.582. The second-order valence-corrected chi connectivity index (χ2v) is 5.12. The van der Waals surface area contributed by atoms with E-state index in [4.69, 9.17) is 11.6 Å². The average molecular weight is 337 g/mol. The molecule has 0 atom stereocenters. The van der Waals surface area contributed by atoms with Gasteiger partial charge in [0.25, 0.3) is 5.91 Å². The molecule has 1 aromatic carbocycles. The number of rotatable bonds is 5. The molecular formula is C13H16BrClFNO. The first-order valence-corrected chi connectivity index (χ1v) is 7.32. The van der Waals surface area contributed by atoms with E-state index >= 15 is 0 Å². The van der Waals surface area contributed by atoms with Crippen LogP contribution in [0.3, 0.4) is 0 Å². The van der Waals surface area contributed by atoms with Gasteiger partial charge < -0.3 is 5.32 Å². The summed E-state index contributed by atoms with van der Waals surface area (Å²) >= 11 is 9.20. The number of amides is 1. The molecule has 1 aromatic rings. The maximum atomic E-state index is 13.3. The minimum absolute atomic E-state index is 0.134. The predicted molar refractivity (Wildman–Crippen MR) is 76.0 cm³/mol. The van der Waals surface area contributed by atoms with Gasteiger partial charge in [-0.05, 0) is 25.0 Å². The molecule has 0 spiro atoms. The molecule has 0 saturated heterocycles. The summed E-state index contributed by atoms with van der Waals surface area (Å²) in [6.45, 7) is 4.00. The Labute approximate surface area is 120 Å². The third-order valence-electron chi connectivity index (χ3n) is 3.18. The van der Waals surface area contributed by atoms with Crippen molar-refractivity contribution < 1.29 is 9.18 Å². The lowest BCUT2D eigenvalue weighted by Gasteiger charge is -2.31. The average Bonchev–Trinajstić information content (AvgIpc) is 2.39. The fourth-order valence-electron chi connectivity index (χ4n) is 1.64. The third kappa shape index (κ3) is 3.23. The van der Waals surface area contributed by atoms with Crippen LogP contribution in [0.5, 0.6) is 0 Å². The van der Waals surface area contributed by atoms with Crippen molar-refractivity contribution in [1.29, 1.82) is 0 Å². The van der Waals surface area contributed by atoms with Crippen molar-refractivity contribution in [3.05, 3.63) is 34.6 Å². The van der Waals surface area contributed by atoms with Crippen molar-refractivity contribution in [2.45, 2.75) is 32.2 Å². The third-order valence-corrected chi connectivity index (χ3v) is 4.64. The van der Waals surface area contributed by atoms with Crippen LogP contribution in [0.15, 0.2) is 18.2 Å². The van der Waals surface area contributed by atoms with E-state index in [-0.39, 0.29) is 22.0 Å². The van der Waals surface area contributed by atoms with Gasteiger partial charge in [0.2, 0.25) is 0 Å². The Kier molecular flexibility index (Phi) is 5.60. The molecule has 100 valence electrons. The van der Waals surface area contributed by atoms with Crippen LogP contribution in [-0.4, -0.2) is 16.8 Å². The van der Waals surface area contributed by atoms with Gasteiger partial charge in [0.1, 0.15) is 5.82 Å². The predicted octanol–water partition coefficient (Wildman–Crippen LogP) is 4.16. The van der Waals surface area contributed by atoms with E-state index in [1.165, 1.54) is 18.2 Å². The Morgan fingerprint density at radius 2 is 2.06 bits per heavy atom. The van der Waals surface area contributed by atoms with Crippen LogP contribution in [0.1, 0.15) is 37.0 Å². The first-order chi connectivity index (χ1) is 8.49. The minimum Gasteiger partial charge on any atom is -0.346 e. The zero-order valence-corrected chi connectivity index (χ0v) is 12.7. The number of nitrogens with one attached hydrogen (secondary N) is 1. The second-order valence-electron chi connectivity index (χ2n) is 4.18. The summed E-state index contributed by atoms with van der Waals surface area (Å²) in [5.41, 5.74) is -0.156. The first-order valence-electron chi connectivity index (χ1n) is 5.82. The highest BCUT2D eigenvalue weighted by Crippen LogP contribution is 2.23. The Balaban J connectivity index is 2.98. The maximum Gasteiger partial charge on any atom is 0.253 e. The van der Waals surface area contributed by atoms with Gasteiger partial charge in [-0.25, -0.2) is 4.39 Å². The number of alkyl halides is 1. The summed E-state index contributed by atoms with van der Waals surface area (Å²) in [6, 6.07) is 4.23. The van der Waals surface area contributed by atoms with Crippen molar-refractivity contribution in [2.24, 2.45) is 0 Å². The molecule has 5 heteroatoms. The van der Waals surface area contributed by atoms with E-state index in [1.807, 2.05) is 13.8 Å². The molecule has 0 aliphatic rings. The lowest BCUT2D eigenvalue weighted by Crippen LogP contribution is -2.49. The van der Waals surface area contributed by atoms with Crippen LogP contribution >= 0.6 is 27.5 Å². The quantitative estimate of drug-likeness (QED) is 0.804. The fraction of sp³-hybridized carbons (Fsp3) is 0.462. The van der Waals surface area contributed by atoms with Gasteiger partial charge in [-0.15, -0.1) is 0 Å². The summed E-state index contributed by atoms with van der Waals surface area (Å²) in [5.74, 6) is -0.926. The second kappa shape index (κ2) is 6.53. The van der Waals surface area contributed by atoms with Crippen molar-refractivity contribution in [1.82, 2.24) is 5.32 Å². The van der Waals surface area contributed by atoms with Gasteiger partial charge in [-0.1, -0.05) is 47.4 Å². The molecule has 1 N–H and O–H groups in total. The largest absolute Gasteiger partial charge is 0.346 e. The van der Waals surface area contributed by atoms with Crippen LogP contribution in [0.4, 0.5) is 4.39 Å². The summed E-state index contributed by atoms with van der Waals surface area (Å²) in [5, 5.41) is 3.44.